The topological polar surface area (TPSA) is 212 Å². The van der Waals surface area contributed by atoms with Crippen molar-refractivity contribution in [3.63, 3.8) is 0 Å². The third-order valence-electron chi connectivity index (χ3n) is 11.2. The van der Waals surface area contributed by atoms with Gasteiger partial charge in [0, 0.05) is 72.0 Å². The highest BCUT2D eigenvalue weighted by molar-refractivity contribution is 5.88. The van der Waals surface area contributed by atoms with Gasteiger partial charge in [-0.25, -0.2) is 9.59 Å². The lowest BCUT2D eigenvalue weighted by Gasteiger charge is -2.35. The Kier molecular flexibility index (Phi) is 19.6. The first kappa shape index (κ1) is 49.5. The molecule has 2 aliphatic heterocycles. The van der Waals surface area contributed by atoms with E-state index < -0.39 is 53.9 Å². The summed E-state index contributed by atoms with van der Waals surface area (Å²) in [6, 6.07) is 9.54. The second kappa shape index (κ2) is 24.5. The minimum absolute atomic E-state index is 0.140. The zero-order valence-electron chi connectivity index (χ0n) is 37.2. The maximum absolute atomic E-state index is 14.2. The average molecular weight is 868 g/mol. The summed E-state index contributed by atoms with van der Waals surface area (Å²) in [4.78, 5) is 62.5. The number of aliphatic hydroxyl groups excluding tert-OH is 1. The number of benzene rings is 2. The summed E-state index contributed by atoms with van der Waals surface area (Å²) < 4.78 is 10.8. The van der Waals surface area contributed by atoms with E-state index in [1.165, 1.54) is 33.0 Å². The Morgan fingerprint density at radius 1 is 0.726 bits per heavy atom. The molecule has 4 rings (SSSR count). The fraction of sp³-hybridized carbons (Fsp3) is 0.591. The van der Waals surface area contributed by atoms with Crippen LogP contribution in [0, 0.1) is 11.8 Å². The smallest absolute Gasteiger partial charge is 0.317 e. The summed E-state index contributed by atoms with van der Waals surface area (Å²) in [5, 5.41) is 42.5. The van der Waals surface area contributed by atoms with Crippen LogP contribution in [0.3, 0.4) is 0 Å². The number of phenolic OH excluding ortho intramolecular Hbond substituents is 2. The molecule has 0 aromatic heterocycles. The van der Waals surface area contributed by atoms with Gasteiger partial charge in [-0.05, 0) is 42.0 Å². The molecule has 0 unspecified atom stereocenters. The highest BCUT2D eigenvalue weighted by atomic mass is 16.5. The van der Waals surface area contributed by atoms with Gasteiger partial charge in [0.25, 0.3) is 5.91 Å². The van der Waals surface area contributed by atoms with Crippen molar-refractivity contribution in [2.45, 2.75) is 58.3 Å². The van der Waals surface area contributed by atoms with Crippen LogP contribution in [0.25, 0.3) is 5.70 Å². The number of morpholine rings is 2. The van der Waals surface area contributed by atoms with Crippen LogP contribution >= 0.6 is 0 Å². The van der Waals surface area contributed by atoms with Crippen molar-refractivity contribution < 1.29 is 44.0 Å². The van der Waals surface area contributed by atoms with Gasteiger partial charge in [-0.3, -0.25) is 29.8 Å². The zero-order chi connectivity index (χ0) is 45.3. The number of nitrogens with zero attached hydrogens (tertiary/aromatic N) is 5. The summed E-state index contributed by atoms with van der Waals surface area (Å²) >= 11 is 0. The van der Waals surface area contributed by atoms with Crippen LogP contribution in [-0.4, -0.2) is 187 Å². The molecule has 4 atom stereocenters. The van der Waals surface area contributed by atoms with Crippen molar-refractivity contribution in [2.24, 2.45) is 11.8 Å². The molecule has 18 nitrogen and oxygen atoms in total. The number of phenols is 2. The molecule has 2 saturated heterocycles. The maximum Gasteiger partial charge on any atom is 0.317 e. The first-order valence-electron chi connectivity index (χ1n) is 21.5. The lowest BCUT2D eigenvalue weighted by molar-refractivity contribution is -0.129. The van der Waals surface area contributed by atoms with E-state index in [4.69, 9.17) is 9.47 Å². The number of rotatable bonds is 21. The minimum atomic E-state index is -1.36. The number of hydrogen-bond donors (Lipinski definition) is 7. The number of nitrogens with one attached hydrogen (secondary N) is 4. The van der Waals surface area contributed by atoms with Crippen molar-refractivity contribution in [1.82, 2.24) is 46.0 Å². The summed E-state index contributed by atoms with van der Waals surface area (Å²) in [6.07, 6.45) is -1.18. The lowest BCUT2D eigenvalue weighted by atomic mass is 9.98. The Morgan fingerprint density at radius 3 is 1.71 bits per heavy atom. The molecule has 62 heavy (non-hydrogen) atoms. The molecule has 6 amide bonds. The average Bonchev–Trinajstić information content (AvgIpc) is 3.26. The Labute approximate surface area is 366 Å². The van der Waals surface area contributed by atoms with E-state index in [0.717, 1.165) is 31.7 Å². The molecule has 0 spiro atoms. The van der Waals surface area contributed by atoms with Crippen molar-refractivity contribution >= 4 is 29.6 Å². The van der Waals surface area contributed by atoms with Crippen LogP contribution in [0.1, 0.15) is 38.8 Å². The monoisotopic (exact) mass is 868 g/mol. The Bertz CT molecular complexity index is 1760. The van der Waals surface area contributed by atoms with Gasteiger partial charge in [0.05, 0.1) is 50.8 Å². The number of hydrogen-bond acceptors (Lipinski definition) is 12. The summed E-state index contributed by atoms with van der Waals surface area (Å²) in [6.45, 7) is 18.9. The third kappa shape index (κ3) is 15.3. The molecule has 344 valence electrons. The van der Waals surface area contributed by atoms with Gasteiger partial charge in [-0.1, -0.05) is 64.6 Å². The molecule has 2 aliphatic rings. The molecule has 2 aromatic rings. The molecule has 18 heteroatoms. The van der Waals surface area contributed by atoms with Crippen LogP contribution in [0.15, 0.2) is 55.1 Å². The zero-order valence-corrected chi connectivity index (χ0v) is 37.2. The highest BCUT2D eigenvalue weighted by Crippen LogP contribution is 2.29. The normalized spacial score (nSPS) is 16.7. The molecule has 0 saturated carbocycles. The second-order valence-electron chi connectivity index (χ2n) is 16.7. The Morgan fingerprint density at radius 2 is 1.23 bits per heavy atom. The number of urea groups is 2. The molecule has 0 radical (unpaired) electrons. The molecule has 2 aromatic carbocycles. The van der Waals surface area contributed by atoms with Crippen molar-refractivity contribution in [3.05, 3.63) is 66.2 Å². The summed E-state index contributed by atoms with van der Waals surface area (Å²) in [5.41, 5.74) is 4.09. The van der Waals surface area contributed by atoms with E-state index in [0.29, 0.717) is 58.2 Å². The van der Waals surface area contributed by atoms with E-state index in [9.17, 15) is 34.5 Å². The van der Waals surface area contributed by atoms with Gasteiger partial charge in [-0.15, -0.1) is 0 Å². The molecule has 7 N–H and O–H groups in total. The van der Waals surface area contributed by atoms with Crippen molar-refractivity contribution in [1.29, 1.82) is 0 Å². The molecular weight excluding hydrogens is 799 g/mol. The van der Waals surface area contributed by atoms with Crippen LogP contribution in [0.2, 0.25) is 0 Å². The Balaban J connectivity index is 1.53. The number of hydrazine groups is 1. The molecule has 0 aliphatic carbocycles. The number of aliphatic hydroxyl groups is 1. The van der Waals surface area contributed by atoms with E-state index >= 15 is 0 Å². The van der Waals surface area contributed by atoms with Crippen LogP contribution in [-0.2, 0) is 25.5 Å². The van der Waals surface area contributed by atoms with Gasteiger partial charge < -0.3 is 50.5 Å². The third-order valence-corrected chi connectivity index (χ3v) is 11.2. The number of amides is 6. The number of ether oxygens (including phenoxy) is 2. The number of likely N-dealkylation sites (N-methyl/N-ethyl adjacent to an activating group) is 2. The van der Waals surface area contributed by atoms with Crippen LogP contribution in [0.4, 0.5) is 9.59 Å². The number of carbonyl (C=O) groups is 4. The van der Waals surface area contributed by atoms with Gasteiger partial charge in [0.1, 0.15) is 12.1 Å². The van der Waals surface area contributed by atoms with Crippen molar-refractivity contribution in [3.8, 4) is 11.5 Å². The predicted molar refractivity (Wildman–Crippen MR) is 236 cm³/mol. The highest BCUT2D eigenvalue weighted by Gasteiger charge is 2.33. The van der Waals surface area contributed by atoms with Crippen LogP contribution in [0.5, 0.6) is 11.5 Å². The van der Waals surface area contributed by atoms with E-state index in [1.807, 2.05) is 44.2 Å². The Hall–Kier alpha value is -5.14. The SMILES string of the molecule is C=C(c1ccc(O)c(O)c1)N(C[C@H](O)[C@H](Cc1ccccc1)NC(=O)[C@@H](NC(=O)N(C)CCN1CCOCC1)C(C)C)NC(=O)[C@@H](NC(=O)N(C)CCN1CCOCC1)C(C)C. The summed E-state index contributed by atoms with van der Waals surface area (Å²) in [7, 11) is 3.34. The minimum Gasteiger partial charge on any atom is -0.504 e. The van der Waals surface area contributed by atoms with E-state index in [2.05, 4.69) is 37.8 Å². The number of carbonyl (C=O) groups excluding carboxylic acids is 4. The maximum atomic E-state index is 14.2. The first-order chi connectivity index (χ1) is 29.5. The van der Waals surface area contributed by atoms with Crippen molar-refractivity contribution in [2.75, 3.05) is 99.4 Å². The van der Waals surface area contributed by atoms with Crippen LogP contribution < -0.4 is 21.4 Å². The molecular formula is C44H69N9O9. The van der Waals surface area contributed by atoms with Gasteiger partial charge in [0.2, 0.25) is 5.91 Å². The van der Waals surface area contributed by atoms with Gasteiger partial charge in [0.15, 0.2) is 11.5 Å². The lowest BCUT2D eigenvalue weighted by Crippen LogP contribution is -2.60. The first-order valence-corrected chi connectivity index (χ1v) is 21.5. The molecule has 2 heterocycles. The molecule has 2 fully saturated rings. The van der Waals surface area contributed by atoms with Gasteiger partial charge in [-0.2, -0.15) is 0 Å². The predicted octanol–water partition coefficient (Wildman–Crippen LogP) is 1.49. The quantitative estimate of drug-likeness (QED) is 0.0703. The molecule has 0 bridgehead atoms. The van der Waals surface area contributed by atoms with E-state index in [1.54, 1.807) is 27.9 Å². The second-order valence-corrected chi connectivity index (χ2v) is 16.7. The van der Waals surface area contributed by atoms with Gasteiger partial charge >= 0.3 is 12.1 Å². The number of aromatic hydroxyl groups is 2. The standard InChI is InChI=1S/C44H69N9O9/c1-30(2)39(46-43(59)49(6)15-17-51-19-23-61-24-20-51)41(57)45-35(27-33-11-9-8-10-12-33)38(56)29-53(32(5)34-13-14-36(54)37(55)28-34)48-42(58)40(31(3)4)47-44(60)50(7)16-18-52-21-25-62-26-22-52/h8-14,28,30-31,35,38-40,54-56H,5,15-27,29H2,1-4,6-7H3,(H,45,57)(H,46,59)(H,47,60)(H,48,58)/t35-,38-,39-,40-/m0/s1. The fourth-order valence-corrected chi connectivity index (χ4v) is 7.01. The van der Waals surface area contributed by atoms with E-state index in [-0.39, 0.29) is 36.2 Å². The summed E-state index contributed by atoms with van der Waals surface area (Å²) in [5.74, 6) is -2.58. The largest absolute Gasteiger partial charge is 0.504 e. The fourth-order valence-electron chi connectivity index (χ4n) is 7.01.